The zero-order chi connectivity index (χ0) is 15.6. The molecule has 110 valence electrons. The average molecular weight is 292 g/mol. The largest absolute Gasteiger partial charge is 0.447 e. The maximum Gasteiger partial charge on any atom is 0.379 e. The van der Waals surface area contributed by atoms with Gasteiger partial charge in [0.25, 0.3) is 11.7 Å². The standard InChI is InChI=1S/C13H13FN4O3/c1-7(11(15)19)21-13(20)12-16-8(2)18(17-12)10-5-3-9(14)4-6-10/h3-7H,1-2H3,(H2,15,19)/t7-/m0/s1. The maximum absolute atomic E-state index is 12.9. The summed E-state index contributed by atoms with van der Waals surface area (Å²) >= 11 is 0. The van der Waals surface area contributed by atoms with Gasteiger partial charge in [-0.2, -0.15) is 0 Å². The van der Waals surface area contributed by atoms with Crippen molar-refractivity contribution in [3.05, 3.63) is 41.7 Å². The zero-order valence-electron chi connectivity index (χ0n) is 11.4. The minimum absolute atomic E-state index is 0.204. The normalized spacial score (nSPS) is 12.0. The predicted octanol–water partition coefficient (Wildman–Crippen LogP) is 0.745. The van der Waals surface area contributed by atoms with Gasteiger partial charge in [0, 0.05) is 0 Å². The van der Waals surface area contributed by atoms with E-state index in [2.05, 4.69) is 10.1 Å². The fourth-order valence-electron chi connectivity index (χ4n) is 1.57. The fourth-order valence-corrected chi connectivity index (χ4v) is 1.57. The number of primary amides is 1. The molecule has 0 unspecified atom stereocenters. The van der Waals surface area contributed by atoms with E-state index in [9.17, 15) is 14.0 Å². The number of carbonyl (C=O) groups excluding carboxylic acids is 2. The molecule has 7 nitrogen and oxygen atoms in total. The molecule has 0 spiro atoms. The van der Waals surface area contributed by atoms with Crippen LogP contribution in [0.15, 0.2) is 24.3 Å². The number of esters is 1. The summed E-state index contributed by atoms with van der Waals surface area (Å²) in [5.74, 6) is -1.79. The SMILES string of the molecule is Cc1nc(C(=O)O[C@@H](C)C(N)=O)nn1-c1ccc(F)cc1. The molecule has 1 aromatic heterocycles. The van der Waals surface area contributed by atoms with E-state index in [0.29, 0.717) is 11.5 Å². The Bertz CT molecular complexity index is 681. The van der Waals surface area contributed by atoms with Gasteiger partial charge >= 0.3 is 5.97 Å². The Morgan fingerprint density at radius 2 is 1.95 bits per heavy atom. The summed E-state index contributed by atoms with van der Waals surface area (Å²) in [4.78, 5) is 26.6. The topological polar surface area (TPSA) is 100 Å². The number of rotatable bonds is 4. The third kappa shape index (κ3) is 3.22. The van der Waals surface area contributed by atoms with E-state index in [-0.39, 0.29) is 11.6 Å². The summed E-state index contributed by atoms with van der Waals surface area (Å²) in [6.45, 7) is 2.98. The van der Waals surface area contributed by atoms with E-state index in [0.717, 1.165) is 0 Å². The Hall–Kier alpha value is -2.77. The Kier molecular flexibility index (Phi) is 3.97. The van der Waals surface area contributed by atoms with Gasteiger partial charge in [-0.05, 0) is 38.1 Å². The van der Waals surface area contributed by atoms with Crippen LogP contribution >= 0.6 is 0 Å². The molecular weight excluding hydrogens is 279 g/mol. The van der Waals surface area contributed by atoms with E-state index >= 15 is 0 Å². The van der Waals surface area contributed by atoms with Gasteiger partial charge in [-0.3, -0.25) is 4.79 Å². The van der Waals surface area contributed by atoms with Crippen molar-refractivity contribution in [1.29, 1.82) is 0 Å². The number of aryl methyl sites for hydroxylation is 1. The highest BCUT2D eigenvalue weighted by molar-refractivity contribution is 5.88. The van der Waals surface area contributed by atoms with E-state index in [1.165, 1.54) is 35.9 Å². The number of aromatic nitrogens is 3. The summed E-state index contributed by atoms with van der Waals surface area (Å²) in [6, 6.07) is 5.53. The van der Waals surface area contributed by atoms with Gasteiger partial charge in [0.15, 0.2) is 6.10 Å². The van der Waals surface area contributed by atoms with E-state index in [1.807, 2.05) is 0 Å². The number of benzene rings is 1. The third-order valence-electron chi connectivity index (χ3n) is 2.71. The second kappa shape index (κ2) is 5.70. The Balaban J connectivity index is 2.25. The third-order valence-corrected chi connectivity index (χ3v) is 2.71. The van der Waals surface area contributed by atoms with Gasteiger partial charge in [-0.15, -0.1) is 5.10 Å². The van der Waals surface area contributed by atoms with Crippen molar-refractivity contribution >= 4 is 11.9 Å². The van der Waals surface area contributed by atoms with Crippen LogP contribution in [0.25, 0.3) is 5.69 Å². The molecule has 21 heavy (non-hydrogen) atoms. The molecule has 0 radical (unpaired) electrons. The van der Waals surface area contributed by atoms with Gasteiger partial charge in [0.2, 0.25) is 0 Å². The molecule has 0 aliphatic heterocycles. The number of carbonyl (C=O) groups is 2. The van der Waals surface area contributed by atoms with Crippen LogP contribution in [0.3, 0.4) is 0 Å². The molecule has 1 amide bonds. The second-order valence-corrected chi connectivity index (χ2v) is 4.32. The van der Waals surface area contributed by atoms with Crippen molar-refractivity contribution in [2.24, 2.45) is 5.73 Å². The molecule has 0 aliphatic rings. The number of halogens is 1. The molecule has 0 saturated carbocycles. The molecule has 1 heterocycles. The molecular formula is C13H13FN4O3. The fraction of sp³-hybridized carbons (Fsp3) is 0.231. The lowest BCUT2D eigenvalue weighted by Gasteiger charge is -2.06. The van der Waals surface area contributed by atoms with Crippen LogP contribution in [0.4, 0.5) is 4.39 Å². The van der Waals surface area contributed by atoms with Gasteiger partial charge in [0.1, 0.15) is 11.6 Å². The maximum atomic E-state index is 12.9. The Morgan fingerprint density at radius 1 is 1.33 bits per heavy atom. The van der Waals surface area contributed by atoms with E-state index < -0.39 is 18.0 Å². The van der Waals surface area contributed by atoms with Crippen LogP contribution < -0.4 is 5.73 Å². The van der Waals surface area contributed by atoms with Gasteiger partial charge in [-0.25, -0.2) is 18.9 Å². The molecule has 0 saturated heterocycles. The first kappa shape index (κ1) is 14.6. The molecule has 0 bridgehead atoms. The van der Waals surface area contributed by atoms with Crippen LogP contribution in [0.5, 0.6) is 0 Å². The Labute approximate surface area is 119 Å². The lowest BCUT2D eigenvalue weighted by Crippen LogP contribution is -2.30. The number of nitrogens with zero attached hydrogens (tertiary/aromatic N) is 3. The summed E-state index contributed by atoms with van der Waals surface area (Å²) in [5.41, 5.74) is 5.55. The van der Waals surface area contributed by atoms with Crippen molar-refractivity contribution < 1.29 is 18.7 Å². The summed E-state index contributed by atoms with van der Waals surface area (Å²) in [5, 5.41) is 3.98. The van der Waals surface area contributed by atoms with Crippen LogP contribution in [-0.4, -0.2) is 32.7 Å². The molecule has 2 aromatic rings. The molecule has 1 aromatic carbocycles. The molecule has 1 atom stereocenters. The van der Waals surface area contributed by atoms with Gasteiger partial charge in [-0.1, -0.05) is 0 Å². The average Bonchev–Trinajstić information content (AvgIpc) is 2.81. The van der Waals surface area contributed by atoms with Crippen LogP contribution in [0.1, 0.15) is 23.4 Å². The Morgan fingerprint density at radius 3 is 2.52 bits per heavy atom. The number of ether oxygens (including phenoxy) is 1. The highest BCUT2D eigenvalue weighted by atomic mass is 19.1. The zero-order valence-corrected chi connectivity index (χ0v) is 11.4. The monoisotopic (exact) mass is 292 g/mol. The number of hydrogen-bond acceptors (Lipinski definition) is 5. The van der Waals surface area contributed by atoms with Crippen molar-refractivity contribution in [2.45, 2.75) is 20.0 Å². The first-order valence-electron chi connectivity index (χ1n) is 6.08. The van der Waals surface area contributed by atoms with Crippen molar-refractivity contribution in [3.63, 3.8) is 0 Å². The highest BCUT2D eigenvalue weighted by Gasteiger charge is 2.21. The first-order valence-corrected chi connectivity index (χ1v) is 6.08. The van der Waals surface area contributed by atoms with Crippen LogP contribution in [0.2, 0.25) is 0 Å². The van der Waals surface area contributed by atoms with Crippen LogP contribution in [-0.2, 0) is 9.53 Å². The minimum Gasteiger partial charge on any atom is -0.447 e. The molecule has 8 heteroatoms. The number of nitrogens with two attached hydrogens (primary N) is 1. The highest BCUT2D eigenvalue weighted by Crippen LogP contribution is 2.11. The predicted molar refractivity (Wildman–Crippen MR) is 70.1 cm³/mol. The molecule has 2 rings (SSSR count). The van der Waals surface area contributed by atoms with Crippen molar-refractivity contribution in [2.75, 3.05) is 0 Å². The molecule has 2 N–H and O–H groups in total. The van der Waals surface area contributed by atoms with Crippen molar-refractivity contribution in [1.82, 2.24) is 14.8 Å². The summed E-state index contributed by atoms with van der Waals surface area (Å²) < 4.78 is 19.1. The lowest BCUT2D eigenvalue weighted by atomic mass is 10.3. The van der Waals surface area contributed by atoms with Gasteiger partial charge < -0.3 is 10.5 Å². The van der Waals surface area contributed by atoms with E-state index in [4.69, 9.17) is 10.5 Å². The summed E-state index contributed by atoms with van der Waals surface area (Å²) in [6.07, 6.45) is -1.07. The minimum atomic E-state index is -1.07. The second-order valence-electron chi connectivity index (χ2n) is 4.32. The first-order chi connectivity index (χ1) is 9.88. The summed E-state index contributed by atoms with van der Waals surface area (Å²) in [7, 11) is 0. The van der Waals surface area contributed by atoms with Crippen molar-refractivity contribution in [3.8, 4) is 5.69 Å². The number of amides is 1. The quantitative estimate of drug-likeness (QED) is 0.838. The van der Waals surface area contributed by atoms with E-state index in [1.54, 1.807) is 6.92 Å². The van der Waals surface area contributed by atoms with Gasteiger partial charge in [0.05, 0.1) is 5.69 Å². The number of hydrogen-bond donors (Lipinski definition) is 1. The van der Waals surface area contributed by atoms with Crippen LogP contribution in [0, 0.1) is 12.7 Å². The lowest BCUT2D eigenvalue weighted by molar-refractivity contribution is -0.125. The smallest absolute Gasteiger partial charge is 0.379 e. The molecule has 0 aliphatic carbocycles. The molecule has 0 fully saturated rings.